The lowest BCUT2D eigenvalue weighted by molar-refractivity contribution is 0.866. The second kappa shape index (κ2) is 4.33. The Kier molecular flexibility index (Phi) is 2.88. The van der Waals surface area contributed by atoms with E-state index in [1.807, 2.05) is 31.2 Å². The molecule has 2 rings (SSSR count). The smallest absolute Gasteiger partial charge is 0.0587 e. The average Bonchev–Trinajstić information content (AvgIpc) is 2.30. The zero-order valence-electron chi connectivity index (χ0n) is 9.22. The van der Waals surface area contributed by atoms with Crippen LogP contribution in [0.25, 0.3) is 0 Å². The second-order valence-electron chi connectivity index (χ2n) is 3.89. The maximum atomic E-state index is 6.15. The van der Waals surface area contributed by atoms with Crippen molar-refractivity contribution < 1.29 is 0 Å². The molecule has 1 unspecified atom stereocenters. The maximum Gasteiger partial charge on any atom is 0.0587 e. The van der Waals surface area contributed by atoms with Crippen LogP contribution in [-0.2, 0) is 0 Å². The Bertz CT molecular complexity index is 477. The van der Waals surface area contributed by atoms with E-state index in [0.29, 0.717) is 5.69 Å². The van der Waals surface area contributed by atoms with Crippen molar-refractivity contribution in [2.75, 3.05) is 5.73 Å². The number of hydrogen-bond donors (Lipinski definition) is 2. The van der Waals surface area contributed by atoms with Crippen LogP contribution in [0.5, 0.6) is 0 Å². The van der Waals surface area contributed by atoms with Gasteiger partial charge in [-0.2, -0.15) is 0 Å². The molecule has 0 aliphatic heterocycles. The Morgan fingerprint density at radius 1 is 1.12 bits per heavy atom. The molecule has 2 aromatic rings. The first kappa shape index (κ1) is 10.6. The minimum Gasteiger partial charge on any atom is -0.398 e. The van der Waals surface area contributed by atoms with Gasteiger partial charge < -0.3 is 11.5 Å². The zero-order valence-corrected chi connectivity index (χ0v) is 9.22. The van der Waals surface area contributed by atoms with E-state index >= 15 is 0 Å². The highest BCUT2D eigenvalue weighted by Crippen LogP contribution is 2.23. The second-order valence-corrected chi connectivity index (χ2v) is 3.89. The van der Waals surface area contributed by atoms with E-state index in [4.69, 9.17) is 11.5 Å². The molecule has 0 amide bonds. The summed E-state index contributed by atoms with van der Waals surface area (Å²) < 4.78 is 0. The Morgan fingerprint density at radius 2 is 1.81 bits per heavy atom. The fourth-order valence-electron chi connectivity index (χ4n) is 1.63. The molecular weight excluding hydrogens is 198 g/mol. The van der Waals surface area contributed by atoms with Gasteiger partial charge in [0.05, 0.1) is 6.04 Å². The van der Waals surface area contributed by atoms with Crippen LogP contribution in [0, 0.1) is 6.92 Å². The molecule has 1 atom stereocenters. The average molecular weight is 213 g/mol. The first-order chi connectivity index (χ1) is 7.68. The van der Waals surface area contributed by atoms with Crippen LogP contribution in [0.3, 0.4) is 0 Å². The van der Waals surface area contributed by atoms with Gasteiger partial charge in [0, 0.05) is 23.6 Å². The van der Waals surface area contributed by atoms with Gasteiger partial charge in [0.2, 0.25) is 0 Å². The van der Waals surface area contributed by atoms with Crippen LogP contribution in [0.15, 0.2) is 42.7 Å². The number of nitrogens with zero attached hydrogens (tertiary/aromatic N) is 1. The van der Waals surface area contributed by atoms with Gasteiger partial charge in [0.1, 0.15) is 0 Å². The summed E-state index contributed by atoms with van der Waals surface area (Å²) in [6.45, 7) is 2.05. The van der Waals surface area contributed by atoms with Crippen molar-refractivity contribution in [2.45, 2.75) is 13.0 Å². The van der Waals surface area contributed by atoms with Gasteiger partial charge in [-0.1, -0.05) is 29.8 Å². The molecule has 82 valence electrons. The number of rotatable bonds is 2. The number of aryl methyl sites for hydroxylation is 1. The van der Waals surface area contributed by atoms with E-state index in [1.165, 1.54) is 5.56 Å². The number of nitrogen functional groups attached to an aromatic ring is 1. The summed E-state index contributed by atoms with van der Waals surface area (Å²) in [5, 5.41) is 0. The lowest BCUT2D eigenvalue weighted by Gasteiger charge is -2.14. The van der Waals surface area contributed by atoms with Crippen LogP contribution < -0.4 is 11.5 Å². The summed E-state index contributed by atoms with van der Waals surface area (Å²) in [5.74, 6) is 0. The SMILES string of the molecule is Cc1ccc(C(N)c2cnccc2N)cc1. The molecular formula is C13H15N3. The molecule has 0 aliphatic carbocycles. The molecule has 1 aromatic heterocycles. The topological polar surface area (TPSA) is 64.9 Å². The van der Waals surface area contributed by atoms with E-state index in [-0.39, 0.29) is 6.04 Å². The van der Waals surface area contributed by atoms with E-state index in [1.54, 1.807) is 18.5 Å². The van der Waals surface area contributed by atoms with Gasteiger partial charge in [-0.05, 0) is 18.6 Å². The van der Waals surface area contributed by atoms with E-state index in [2.05, 4.69) is 4.98 Å². The Labute approximate surface area is 95.1 Å². The van der Waals surface area contributed by atoms with Gasteiger partial charge in [-0.3, -0.25) is 4.98 Å². The number of nitrogens with two attached hydrogens (primary N) is 2. The molecule has 0 fully saturated rings. The van der Waals surface area contributed by atoms with Crippen molar-refractivity contribution in [1.82, 2.24) is 4.98 Å². The molecule has 4 N–H and O–H groups in total. The highest BCUT2D eigenvalue weighted by molar-refractivity contribution is 5.49. The van der Waals surface area contributed by atoms with Gasteiger partial charge in [-0.25, -0.2) is 0 Å². The fraction of sp³-hybridized carbons (Fsp3) is 0.154. The number of hydrogen-bond acceptors (Lipinski definition) is 3. The highest BCUT2D eigenvalue weighted by Gasteiger charge is 2.11. The van der Waals surface area contributed by atoms with Crippen LogP contribution in [0.1, 0.15) is 22.7 Å². The lowest BCUT2D eigenvalue weighted by atomic mass is 9.99. The molecule has 16 heavy (non-hydrogen) atoms. The molecule has 0 aliphatic rings. The minimum absolute atomic E-state index is 0.214. The minimum atomic E-state index is -0.214. The van der Waals surface area contributed by atoms with Crippen LogP contribution in [0.2, 0.25) is 0 Å². The molecule has 3 heteroatoms. The number of benzene rings is 1. The number of anilines is 1. The van der Waals surface area contributed by atoms with Gasteiger partial charge in [-0.15, -0.1) is 0 Å². The fourth-order valence-corrected chi connectivity index (χ4v) is 1.63. The van der Waals surface area contributed by atoms with Crippen LogP contribution in [0.4, 0.5) is 5.69 Å². The standard InChI is InChI=1S/C13H15N3/c1-9-2-4-10(5-3-9)13(15)11-8-16-7-6-12(11)14/h2-8,13H,15H2,1H3,(H2,14,16). The van der Waals surface area contributed by atoms with Gasteiger partial charge in [0.25, 0.3) is 0 Å². The summed E-state index contributed by atoms with van der Waals surface area (Å²) in [6.07, 6.45) is 3.39. The Morgan fingerprint density at radius 3 is 2.44 bits per heavy atom. The molecule has 3 nitrogen and oxygen atoms in total. The lowest BCUT2D eigenvalue weighted by Crippen LogP contribution is -2.14. The molecule has 0 saturated heterocycles. The maximum absolute atomic E-state index is 6.15. The van der Waals surface area contributed by atoms with Crippen molar-refractivity contribution in [2.24, 2.45) is 5.73 Å². The molecule has 0 bridgehead atoms. The summed E-state index contributed by atoms with van der Waals surface area (Å²) in [4.78, 5) is 4.05. The third-order valence-corrected chi connectivity index (χ3v) is 2.66. The molecule has 0 saturated carbocycles. The monoisotopic (exact) mass is 213 g/mol. The molecule has 1 heterocycles. The van der Waals surface area contributed by atoms with Crippen molar-refractivity contribution >= 4 is 5.69 Å². The first-order valence-corrected chi connectivity index (χ1v) is 5.20. The summed E-state index contributed by atoms with van der Waals surface area (Å²) in [5.41, 5.74) is 15.8. The van der Waals surface area contributed by atoms with Crippen molar-refractivity contribution in [1.29, 1.82) is 0 Å². The first-order valence-electron chi connectivity index (χ1n) is 5.20. The zero-order chi connectivity index (χ0) is 11.5. The molecule has 1 aromatic carbocycles. The Balaban J connectivity index is 2.35. The predicted molar refractivity (Wildman–Crippen MR) is 65.9 cm³/mol. The molecule has 0 radical (unpaired) electrons. The van der Waals surface area contributed by atoms with Crippen molar-refractivity contribution in [3.05, 3.63) is 59.4 Å². The summed E-state index contributed by atoms with van der Waals surface area (Å²) in [7, 11) is 0. The van der Waals surface area contributed by atoms with Gasteiger partial charge in [0.15, 0.2) is 0 Å². The highest BCUT2D eigenvalue weighted by atomic mass is 14.7. The number of pyridine rings is 1. The largest absolute Gasteiger partial charge is 0.398 e. The van der Waals surface area contributed by atoms with Crippen LogP contribution >= 0.6 is 0 Å². The normalized spacial score (nSPS) is 12.4. The van der Waals surface area contributed by atoms with Crippen molar-refractivity contribution in [3.8, 4) is 0 Å². The number of aromatic nitrogens is 1. The van der Waals surface area contributed by atoms with E-state index in [0.717, 1.165) is 11.1 Å². The third-order valence-electron chi connectivity index (χ3n) is 2.66. The van der Waals surface area contributed by atoms with E-state index in [9.17, 15) is 0 Å². The third kappa shape index (κ3) is 2.04. The quantitative estimate of drug-likeness (QED) is 0.802. The molecule has 0 spiro atoms. The Hall–Kier alpha value is -1.87. The summed E-state index contributed by atoms with van der Waals surface area (Å²) >= 11 is 0. The predicted octanol–water partition coefficient (Wildman–Crippen LogP) is 2.02. The van der Waals surface area contributed by atoms with E-state index < -0.39 is 0 Å². The summed E-state index contributed by atoms with van der Waals surface area (Å²) in [6, 6.07) is 9.68. The van der Waals surface area contributed by atoms with Crippen molar-refractivity contribution in [3.63, 3.8) is 0 Å². The van der Waals surface area contributed by atoms with Gasteiger partial charge >= 0.3 is 0 Å². The van der Waals surface area contributed by atoms with Crippen LogP contribution in [-0.4, -0.2) is 4.98 Å².